The van der Waals surface area contributed by atoms with E-state index in [-0.39, 0.29) is 11.7 Å². The second-order valence-electron chi connectivity index (χ2n) is 9.84. The molecular weight excluding hydrogens is 442 g/mol. The van der Waals surface area contributed by atoms with Crippen LogP contribution >= 0.6 is 0 Å². The van der Waals surface area contributed by atoms with E-state index in [1.54, 1.807) is 28.6 Å². The van der Waals surface area contributed by atoms with Gasteiger partial charge in [0.25, 0.3) is 5.56 Å². The van der Waals surface area contributed by atoms with E-state index in [1.165, 1.54) is 25.7 Å². The van der Waals surface area contributed by atoms with Crippen molar-refractivity contribution in [3.8, 4) is 17.0 Å². The van der Waals surface area contributed by atoms with Crippen LogP contribution in [0.4, 0.5) is 5.69 Å². The molecule has 9 heteroatoms. The van der Waals surface area contributed by atoms with E-state index in [4.69, 9.17) is 4.74 Å². The fourth-order valence-electron chi connectivity index (χ4n) is 4.99. The first kappa shape index (κ1) is 23.5. The molecule has 2 atom stereocenters. The molecule has 0 bridgehead atoms. The highest BCUT2D eigenvalue weighted by Crippen LogP contribution is 2.27. The Morgan fingerprint density at radius 1 is 1.23 bits per heavy atom. The molecule has 2 fully saturated rings. The number of aryl methyl sites for hydroxylation is 1. The molecule has 1 aliphatic carbocycles. The molecule has 0 amide bonds. The third-order valence-electron chi connectivity index (χ3n) is 7.51. The van der Waals surface area contributed by atoms with Crippen molar-refractivity contribution in [3.05, 3.63) is 52.8 Å². The van der Waals surface area contributed by atoms with E-state index in [9.17, 15) is 4.79 Å². The van der Waals surface area contributed by atoms with E-state index < -0.39 is 0 Å². The molecule has 9 nitrogen and oxygen atoms in total. The van der Waals surface area contributed by atoms with E-state index in [2.05, 4.69) is 25.5 Å². The highest BCUT2D eigenvalue weighted by molar-refractivity contribution is 5.62. The van der Waals surface area contributed by atoms with Crippen molar-refractivity contribution in [2.45, 2.75) is 58.2 Å². The van der Waals surface area contributed by atoms with Crippen LogP contribution in [0, 0.1) is 12.8 Å². The Hall–Kier alpha value is -3.20. The van der Waals surface area contributed by atoms with Crippen molar-refractivity contribution in [2.24, 2.45) is 5.92 Å². The lowest BCUT2D eigenvalue weighted by atomic mass is 9.85. The third-order valence-corrected chi connectivity index (χ3v) is 7.51. The van der Waals surface area contributed by atoms with E-state index in [0.29, 0.717) is 17.5 Å². The first-order valence-electron chi connectivity index (χ1n) is 12.6. The SMILES string of the molecule is COc1cnc(C)c(-c2cn(C(C)n3ccc(N4CCC[C@@H](NCC5CCC5)C4)cc3=O)nn2)c1. The molecular formula is C26H35N7O2. The summed E-state index contributed by atoms with van der Waals surface area (Å²) in [5.74, 6) is 1.52. The normalized spacial score (nSPS) is 19.4. The molecule has 1 saturated carbocycles. The summed E-state index contributed by atoms with van der Waals surface area (Å²) >= 11 is 0. The zero-order valence-electron chi connectivity index (χ0n) is 20.9. The van der Waals surface area contributed by atoms with Crippen LogP contribution in [0.25, 0.3) is 11.3 Å². The minimum Gasteiger partial charge on any atom is -0.495 e. The third kappa shape index (κ3) is 5.10. The molecule has 3 aromatic heterocycles. The van der Waals surface area contributed by atoms with Gasteiger partial charge in [-0.1, -0.05) is 11.6 Å². The number of piperidine rings is 1. The number of nitrogens with one attached hydrogen (secondary N) is 1. The first-order chi connectivity index (χ1) is 17.0. The van der Waals surface area contributed by atoms with Crippen LogP contribution in [0.5, 0.6) is 5.75 Å². The Bertz CT molecular complexity index is 1220. The van der Waals surface area contributed by atoms with Crippen molar-refractivity contribution in [1.29, 1.82) is 0 Å². The number of aromatic nitrogens is 5. The van der Waals surface area contributed by atoms with Gasteiger partial charge in [0.1, 0.15) is 17.6 Å². The highest BCUT2D eigenvalue weighted by Gasteiger charge is 2.24. The molecule has 1 saturated heterocycles. The quantitative estimate of drug-likeness (QED) is 0.533. The van der Waals surface area contributed by atoms with Gasteiger partial charge in [0.05, 0.1) is 19.5 Å². The molecule has 5 rings (SSSR count). The van der Waals surface area contributed by atoms with Gasteiger partial charge in [-0.25, -0.2) is 4.68 Å². The Balaban J connectivity index is 1.28. The van der Waals surface area contributed by atoms with Gasteiger partial charge in [-0.15, -0.1) is 5.10 Å². The fraction of sp³-hybridized carbons (Fsp3) is 0.538. The predicted molar refractivity (Wildman–Crippen MR) is 136 cm³/mol. The van der Waals surface area contributed by atoms with Crippen LogP contribution in [0.15, 0.2) is 41.6 Å². The maximum absolute atomic E-state index is 13.1. The lowest BCUT2D eigenvalue weighted by Crippen LogP contribution is -2.47. The Kier molecular flexibility index (Phi) is 6.86. The molecule has 1 N–H and O–H groups in total. The number of pyridine rings is 2. The van der Waals surface area contributed by atoms with Gasteiger partial charge < -0.3 is 15.0 Å². The summed E-state index contributed by atoms with van der Waals surface area (Å²) in [6.07, 6.45) is 11.5. The van der Waals surface area contributed by atoms with E-state index in [0.717, 1.165) is 48.9 Å². The lowest BCUT2D eigenvalue weighted by Gasteiger charge is -2.36. The standard InChI is InChI=1S/C26H35N7O2/c1-18-24(13-23(35-3)15-27-18)25-17-33(30-29-25)19(2)32-11-9-22(12-26(32)34)31-10-5-8-21(16-31)28-14-20-6-4-7-20/h9,11-13,15,17,19-21,28H,4-8,10,14,16H2,1-3H3/t19?,21-/m1/s1. The molecule has 3 aromatic rings. The van der Waals surface area contributed by atoms with Gasteiger partial charge in [-0.3, -0.25) is 14.3 Å². The smallest absolute Gasteiger partial charge is 0.254 e. The highest BCUT2D eigenvalue weighted by atomic mass is 16.5. The fourth-order valence-corrected chi connectivity index (χ4v) is 4.99. The maximum Gasteiger partial charge on any atom is 0.254 e. The summed E-state index contributed by atoms with van der Waals surface area (Å²) < 4.78 is 8.69. The molecule has 4 heterocycles. The largest absolute Gasteiger partial charge is 0.495 e. The molecule has 1 aliphatic heterocycles. The minimum atomic E-state index is -0.310. The van der Waals surface area contributed by atoms with Crippen LogP contribution in [0.2, 0.25) is 0 Å². The summed E-state index contributed by atoms with van der Waals surface area (Å²) in [5.41, 5.74) is 3.34. The Morgan fingerprint density at radius 2 is 2.09 bits per heavy atom. The van der Waals surface area contributed by atoms with Crippen LogP contribution in [0.1, 0.15) is 50.9 Å². The molecule has 0 spiro atoms. The number of hydrogen-bond acceptors (Lipinski definition) is 7. The summed E-state index contributed by atoms with van der Waals surface area (Å²) in [4.78, 5) is 19.8. The zero-order valence-corrected chi connectivity index (χ0v) is 20.9. The Labute approximate surface area is 206 Å². The number of anilines is 1. The molecule has 35 heavy (non-hydrogen) atoms. The average Bonchev–Trinajstić information content (AvgIpc) is 3.33. The van der Waals surface area contributed by atoms with Crippen molar-refractivity contribution in [2.75, 3.05) is 31.6 Å². The van der Waals surface area contributed by atoms with E-state index in [1.807, 2.05) is 38.4 Å². The van der Waals surface area contributed by atoms with Gasteiger partial charge in [0.15, 0.2) is 0 Å². The average molecular weight is 478 g/mol. The Morgan fingerprint density at radius 3 is 2.83 bits per heavy atom. The van der Waals surface area contributed by atoms with Crippen molar-refractivity contribution >= 4 is 5.69 Å². The number of nitrogens with zero attached hydrogens (tertiary/aromatic N) is 6. The number of hydrogen-bond donors (Lipinski definition) is 1. The van der Waals surface area contributed by atoms with Crippen LogP contribution in [-0.2, 0) is 0 Å². The number of methoxy groups -OCH3 is 1. The monoisotopic (exact) mass is 477 g/mol. The van der Waals surface area contributed by atoms with Gasteiger partial charge in [0, 0.05) is 48.3 Å². The maximum atomic E-state index is 13.1. The second-order valence-corrected chi connectivity index (χ2v) is 9.84. The molecule has 186 valence electrons. The number of rotatable bonds is 8. The molecule has 0 aromatic carbocycles. The topological polar surface area (TPSA) is 90.1 Å². The summed E-state index contributed by atoms with van der Waals surface area (Å²) in [6.45, 7) is 6.93. The van der Waals surface area contributed by atoms with Gasteiger partial charge in [-0.05, 0) is 64.1 Å². The van der Waals surface area contributed by atoms with Gasteiger partial charge in [0.2, 0.25) is 0 Å². The summed E-state index contributed by atoms with van der Waals surface area (Å²) in [7, 11) is 1.61. The van der Waals surface area contributed by atoms with Gasteiger partial charge in [-0.2, -0.15) is 0 Å². The van der Waals surface area contributed by atoms with E-state index >= 15 is 0 Å². The molecule has 0 radical (unpaired) electrons. The number of ether oxygens (including phenoxy) is 1. The minimum absolute atomic E-state index is 0.0455. The predicted octanol–water partition coefficient (Wildman–Crippen LogP) is 3.24. The van der Waals surface area contributed by atoms with Gasteiger partial charge >= 0.3 is 0 Å². The van der Waals surface area contributed by atoms with Crippen molar-refractivity contribution in [3.63, 3.8) is 0 Å². The second kappa shape index (κ2) is 10.2. The van der Waals surface area contributed by atoms with Crippen molar-refractivity contribution in [1.82, 2.24) is 29.9 Å². The summed E-state index contributed by atoms with van der Waals surface area (Å²) in [5, 5.41) is 12.4. The summed E-state index contributed by atoms with van der Waals surface area (Å²) in [6, 6.07) is 6.18. The van der Waals surface area contributed by atoms with Crippen LogP contribution in [-0.4, -0.2) is 57.3 Å². The van der Waals surface area contributed by atoms with Crippen LogP contribution in [0.3, 0.4) is 0 Å². The van der Waals surface area contributed by atoms with Crippen LogP contribution < -0.4 is 20.5 Å². The molecule has 1 unspecified atom stereocenters. The molecule has 2 aliphatic rings. The lowest BCUT2D eigenvalue weighted by molar-refractivity contribution is 0.280. The first-order valence-corrected chi connectivity index (χ1v) is 12.6. The van der Waals surface area contributed by atoms with Crippen molar-refractivity contribution < 1.29 is 4.74 Å². The zero-order chi connectivity index (χ0) is 24.4.